The second-order valence-corrected chi connectivity index (χ2v) is 11.0. The molecule has 0 spiro atoms. The van der Waals surface area contributed by atoms with Gasteiger partial charge in [-0.25, -0.2) is 14.6 Å². The number of carbonyl (C=O) groups excluding carboxylic acids is 2. The predicted molar refractivity (Wildman–Crippen MR) is 144 cm³/mol. The van der Waals surface area contributed by atoms with Crippen LogP contribution in [0.3, 0.4) is 0 Å². The minimum atomic E-state index is -5.08. The smallest absolute Gasteiger partial charge is 0.477 e. The quantitative estimate of drug-likeness (QED) is 0.0746. The zero-order valence-corrected chi connectivity index (χ0v) is 24.0. The van der Waals surface area contributed by atoms with E-state index in [0.29, 0.717) is 10.7 Å². The van der Waals surface area contributed by atoms with Gasteiger partial charge in [-0.15, -0.1) is 23.1 Å². The lowest BCUT2D eigenvalue weighted by molar-refractivity contribution is -0.192. The van der Waals surface area contributed by atoms with E-state index < -0.39 is 53.1 Å². The lowest BCUT2D eigenvalue weighted by atomic mass is 9.94. The van der Waals surface area contributed by atoms with E-state index in [1.54, 1.807) is 0 Å². The van der Waals surface area contributed by atoms with E-state index >= 15 is 0 Å². The lowest BCUT2D eigenvalue weighted by Crippen LogP contribution is -2.73. The number of nitrogens with two attached hydrogens (primary N) is 1. The maximum atomic E-state index is 12.9. The number of carboxylic acid groups (broad SMARTS) is 2. The molecule has 0 radical (unpaired) electrons. The molecule has 2 aromatic rings. The Kier molecular flexibility index (Phi) is 10.2. The van der Waals surface area contributed by atoms with E-state index in [9.17, 15) is 42.3 Å². The number of nitrogens with zero attached hydrogens (tertiary/aromatic N) is 5. The molecule has 0 bridgehead atoms. The molecule has 17 nitrogen and oxygen atoms in total. The Morgan fingerprint density at radius 1 is 1.28 bits per heavy atom. The molecule has 0 aliphatic carbocycles. The second-order valence-electron chi connectivity index (χ2n) is 8.10. The number of anilines is 1. The molecule has 2 unspecified atom stereocenters. The molecule has 0 aromatic carbocycles. The van der Waals surface area contributed by atoms with Crippen molar-refractivity contribution in [2.24, 2.45) is 12.2 Å². The number of oxime groups is 1. The summed E-state index contributed by atoms with van der Waals surface area (Å²) in [6.07, 6.45) is -5.08. The Bertz CT molecular complexity index is 1640. The van der Waals surface area contributed by atoms with Crippen LogP contribution in [0, 0.1) is 0 Å². The molecule has 232 valence electrons. The number of hydrogen-bond acceptors (Lipinski definition) is 14. The van der Waals surface area contributed by atoms with Crippen molar-refractivity contribution in [2.75, 3.05) is 24.3 Å². The Balaban J connectivity index is 0.000000646. The molecule has 1 saturated heterocycles. The van der Waals surface area contributed by atoms with Gasteiger partial charge in [0.15, 0.2) is 16.0 Å². The topological polar surface area (TPSA) is 252 Å². The number of aryl methyl sites for hydroxylation is 1. The van der Waals surface area contributed by atoms with Gasteiger partial charge in [0.1, 0.15) is 24.5 Å². The number of carbonyl (C=O) groups is 4. The highest BCUT2D eigenvalue weighted by atomic mass is 32.2. The molecule has 2 aliphatic rings. The summed E-state index contributed by atoms with van der Waals surface area (Å²) in [7, 11) is 2.74. The van der Waals surface area contributed by atoms with Crippen LogP contribution in [0.25, 0.3) is 0 Å². The fraction of sp³-hybridized carbons (Fsp3) is 0.350. The summed E-state index contributed by atoms with van der Waals surface area (Å²) in [4.78, 5) is 83.5. The number of aliphatic carboxylic acids is 2. The Labute approximate surface area is 249 Å². The predicted octanol–water partition coefficient (Wildman–Crippen LogP) is -0.978. The first-order valence-electron chi connectivity index (χ1n) is 11.2. The average Bonchev–Trinajstić information content (AvgIpc) is 3.36. The van der Waals surface area contributed by atoms with E-state index in [1.807, 2.05) is 0 Å². The summed E-state index contributed by atoms with van der Waals surface area (Å²) in [6.45, 7) is 0. The normalized spacial score (nSPS) is 18.2. The summed E-state index contributed by atoms with van der Waals surface area (Å²) in [6, 6.07) is -1.58. The van der Waals surface area contributed by atoms with Crippen molar-refractivity contribution < 1.29 is 47.4 Å². The summed E-state index contributed by atoms with van der Waals surface area (Å²) in [5.41, 5.74) is 3.56. The Morgan fingerprint density at radius 2 is 1.93 bits per heavy atom. The van der Waals surface area contributed by atoms with Crippen molar-refractivity contribution in [1.82, 2.24) is 30.0 Å². The zero-order chi connectivity index (χ0) is 32.2. The first-order chi connectivity index (χ1) is 20.1. The van der Waals surface area contributed by atoms with Crippen LogP contribution in [0.4, 0.5) is 18.3 Å². The van der Waals surface area contributed by atoms with Gasteiger partial charge in [-0.1, -0.05) is 16.9 Å². The zero-order valence-electron chi connectivity index (χ0n) is 21.6. The first kappa shape index (κ1) is 33.1. The highest BCUT2D eigenvalue weighted by Gasteiger charge is 2.54. The fourth-order valence-electron chi connectivity index (χ4n) is 3.49. The number of H-pyrrole nitrogens is 1. The molecule has 2 atom stereocenters. The number of nitrogen functional groups attached to an aromatic ring is 1. The van der Waals surface area contributed by atoms with E-state index in [0.717, 1.165) is 28.0 Å². The molecule has 2 amide bonds. The number of rotatable bonds is 8. The summed E-state index contributed by atoms with van der Waals surface area (Å²) in [5, 5.41) is 27.4. The number of thioether (sulfide) groups is 2. The fourth-order valence-corrected chi connectivity index (χ4v) is 6.37. The monoisotopic (exact) mass is 668 g/mol. The third kappa shape index (κ3) is 7.53. The van der Waals surface area contributed by atoms with Crippen LogP contribution < -0.4 is 22.2 Å². The maximum absolute atomic E-state index is 12.9. The largest absolute Gasteiger partial charge is 0.490 e. The van der Waals surface area contributed by atoms with Crippen molar-refractivity contribution in [1.29, 1.82) is 0 Å². The molecule has 4 rings (SSSR count). The number of fused-ring (bicyclic) bond motifs is 1. The molecular weight excluding hydrogens is 649 g/mol. The van der Waals surface area contributed by atoms with E-state index in [2.05, 4.69) is 25.5 Å². The van der Waals surface area contributed by atoms with Crippen molar-refractivity contribution in [2.45, 2.75) is 23.4 Å². The molecule has 2 aliphatic heterocycles. The standard InChI is InChI=1S/C18H18N8O7S3.C2HF3O2/c1-25-18(22-13(28)14(29)23-25)36-5-8-11(16(31)32)26-7(4-34-8)10(15(26)30)21-12(27)9(24-33-2)6-3-35-17(19)20-6;3-2(4,5)1(6)7/h3,7,10H,4-5H2,1-2H3,(H2,19,20)(H,21,27)(H,23,29)(H,31,32);(H,6,7). The summed E-state index contributed by atoms with van der Waals surface area (Å²) in [5.74, 6) is -5.00. The summed E-state index contributed by atoms with van der Waals surface area (Å²) >= 11 is 3.34. The number of thiazole rings is 1. The third-order valence-corrected chi connectivity index (χ3v) is 8.43. The van der Waals surface area contributed by atoms with Crippen molar-refractivity contribution in [3.05, 3.63) is 42.4 Å². The van der Waals surface area contributed by atoms with Crippen molar-refractivity contribution in [3.8, 4) is 0 Å². The number of hydrogen-bond donors (Lipinski definition) is 5. The minimum Gasteiger partial charge on any atom is -0.477 e. The molecule has 1 fully saturated rings. The molecule has 43 heavy (non-hydrogen) atoms. The number of halogens is 3. The van der Waals surface area contributed by atoms with Crippen LogP contribution in [0.2, 0.25) is 0 Å². The van der Waals surface area contributed by atoms with E-state index in [1.165, 1.54) is 36.0 Å². The van der Waals surface area contributed by atoms with Gasteiger partial charge in [-0.3, -0.25) is 33.9 Å². The van der Waals surface area contributed by atoms with Crippen LogP contribution in [0.5, 0.6) is 0 Å². The van der Waals surface area contributed by atoms with Crippen LogP contribution in [0.1, 0.15) is 5.69 Å². The third-order valence-electron chi connectivity index (χ3n) is 5.33. The van der Waals surface area contributed by atoms with Crippen LogP contribution in [0.15, 0.2) is 35.9 Å². The molecule has 0 saturated carbocycles. The molecule has 6 N–H and O–H groups in total. The SMILES string of the molecule is CON=C(C(=O)NC1C(=O)N2C(C(=O)O)=C(CSc3nc(=O)c(=O)[nH]n3C)SCC12)c1csc(N)n1.O=C(O)C(F)(F)F. The molecule has 4 heterocycles. The van der Waals surface area contributed by atoms with Gasteiger partial charge in [0.25, 0.3) is 11.8 Å². The minimum absolute atomic E-state index is 0.0854. The number of nitrogens with one attached hydrogen (secondary N) is 2. The second kappa shape index (κ2) is 13.3. The molecule has 2 aromatic heterocycles. The average molecular weight is 669 g/mol. The van der Waals surface area contributed by atoms with Crippen LogP contribution in [-0.2, 0) is 31.1 Å². The van der Waals surface area contributed by atoms with Crippen LogP contribution >= 0.6 is 34.9 Å². The number of aromatic nitrogens is 4. The van der Waals surface area contributed by atoms with Crippen molar-refractivity contribution >= 4 is 69.5 Å². The van der Waals surface area contributed by atoms with Gasteiger partial charge in [0, 0.05) is 28.8 Å². The van der Waals surface area contributed by atoms with Gasteiger partial charge in [-0.2, -0.15) is 18.2 Å². The van der Waals surface area contributed by atoms with Gasteiger partial charge in [0.05, 0.1) is 6.04 Å². The van der Waals surface area contributed by atoms with Gasteiger partial charge in [-0.05, 0) is 0 Å². The van der Waals surface area contributed by atoms with E-state index in [4.69, 9.17) is 20.5 Å². The highest BCUT2D eigenvalue weighted by molar-refractivity contribution is 8.06. The molecular formula is C20H19F3N8O9S3. The van der Waals surface area contributed by atoms with Gasteiger partial charge >= 0.3 is 29.2 Å². The Hall–Kier alpha value is -4.38. The van der Waals surface area contributed by atoms with Crippen molar-refractivity contribution in [3.63, 3.8) is 0 Å². The number of aromatic amines is 1. The Morgan fingerprint density at radius 3 is 2.47 bits per heavy atom. The number of alkyl halides is 3. The van der Waals surface area contributed by atoms with Gasteiger partial charge in [0.2, 0.25) is 0 Å². The number of amides is 2. The van der Waals surface area contributed by atoms with Crippen LogP contribution in [-0.4, -0.2) is 101 Å². The lowest BCUT2D eigenvalue weighted by Gasteiger charge is -2.49. The molecule has 23 heteroatoms. The highest BCUT2D eigenvalue weighted by Crippen LogP contribution is 2.40. The number of carboxylic acids is 2. The first-order valence-corrected chi connectivity index (χ1v) is 14.1. The maximum Gasteiger partial charge on any atom is 0.490 e. The number of β-lactam (4-membered cyclic amide) rings is 1. The van der Waals surface area contributed by atoms with Gasteiger partial charge < -0.3 is 26.1 Å². The summed E-state index contributed by atoms with van der Waals surface area (Å²) < 4.78 is 33.0. The van der Waals surface area contributed by atoms with E-state index in [-0.39, 0.29) is 33.1 Å².